The van der Waals surface area contributed by atoms with Crippen molar-refractivity contribution < 1.29 is 8.42 Å². The zero-order chi connectivity index (χ0) is 12.3. The third kappa shape index (κ3) is 3.57. The Morgan fingerprint density at radius 1 is 1.41 bits per heavy atom. The van der Waals surface area contributed by atoms with Gasteiger partial charge in [-0.1, -0.05) is 0 Å². The Labute approximate surface area is 108 Å². The lowest BCUT2D eigenvalue weighted by molar-refractivity contribution is 0.267. The van der Waals surface area contributed by atoms with Crippen LogP contribution in [0.3, 0.4) is 0 Å². The molecular weight excluding hydrogens is 258 g/mol. The summed E-state index contributed by atoms with van der Waals surface area (Å²) in [6.07, 6.45) is 2.90. The van der Waals surface area contributed by atoms with E-state index in [1.807, 2.05) is 11.8 Å². The monoisotopic (exact) mass is 279 g/mol. The molecule has 3 N–H and O–H groups in total. The molecule has 0 aromatic rings. The molecule has 2 aliphatic rings. The van der Waals surface area contributed by atoms with E-state index in [-0.39, 0.29) is 6.04 Å². The number of piperidine rings is 1. The standard InChI is InChI=1S/C10H21N3O2S2/c11-6-9-2-1-4-13(7-9)17(14,15)12-10-3-5-16-8-10/h9-10,12H,1-8,11H2. The van der Waals surface area contributed by atoms with Crippen LogP contribution in [0, 0.1) is 5.92 Å². The van der Waals surface area contributed by atoms with E-state index >= 15 is 0 Å². The highest BCUT2D eigenvalue weighted by Crippen LogP contribution is 2.21. The molecular formula is C10H21N3O2S2. The first-order chi connectivity index (χ1) is 8.12. The van der Waals surface area contributed by atoms with Crippen molar-refractivity contribution in [1.82, 2.24) is 9.03 Å². The van der Waals surface area contributed by atoms with Gasteiger partial charge in [0.1, 0.15) is 0 Å². The Hall–Kier alpha value is 0.180. The third-order valence-corrected chi connectivity index (χ3v) is 6.21. The van der Waals surface area contributed by atoms with Crippen LogP contribution in [0.1, 0.15) is 19.3 Å². The van der Waals surface area contributed by atoms with Gasteiger partial charge in [-0.15, -0.1) is 0 Å². The molecule has 0 spiro atoms. The van der Waals surface area contributed by atoms with Gasteiger partial charge in [0.15, 0.2) is 0 Å². The van der Waals surface area contributed by atoms with Gasteiger partial charge >= 0.3 is 0 Å². The number of rotatable bonds is 4. The van der Waals surface area contributed by atoms with E-state index in [4.69, 9.17) is 5.73 Å². The summed E-state index contributed by atoms with van der Waals surface area (Å²) in [7, 11) is -3.30. The fraction of sp³-hybridized carbons (Fsp3) is 1.00. The molecule has 0 aromatic heterocycles. The Bertz CT molecular complexity index is 341. The largest absolute Gasteiger partial charge is 0.330 e. The van der Waals surface area contributed by atoms with Crippen LogP contribution in [0.15, 0.2) is 0 Å². The van der Waals surface area contributed by atoms with Crippen LogP contribution >= 0.6 is 11.8 Å². The van der Waals surface area contributed by atoms with Crippen LogP contribution in [0.4, 0.5) is 0 Å². The third-order valence-electron chi connectivity index (χ3n) is 3.40. The zero-order valence-electron chi connectivity index (χ0n) is 9.97. The molecule has 2 aliphatic heterocycles. The number of hydrogen-bond acceptors (Lipinski definition) is 4. The van der Waals surface area contributed by atoms with Crippen molar-refractivity contribution in [2.75, 3.05) is 31.1 Å². The predicted octanol–water partition coefficient (Wildman–Crippen LogP) is -0.00300. The van der Waals surface area contributed by atoms with E-state index in [0.29, 0.717) is 25.6 Å². The van der Waals surface area contributed by atoms with Gasteiger partial charge in [0.05, 0.1) is 0 Å². The maximum absolute atomic E-state index is 12.2. The Morgan fingerprint density at radius 2 is 2.24 bits per heavy atom. The van der Waals surface area contributed by atoms with Gasteiger partial charge in [-0.05, 0) is 37.5 Å². The topological polar surface area (TPSA) is 75.4 Å². The smallest absolute Gasteiger partial charge is 0.279 e. The number of nitrogens with one attached hydrogen (secondary N) is 1. The Morgan fingerprint density at radius 3 is 2.88 bits per heavy atom. The van der Waals surface area contributed by atoms with Gasteiger partial charge in [-0.2, -0.15) is 29.2 Å². The molecule has 2 heterocycles. The van der Waals surface area contributed by atoms with Crippen LogP contribution < -0.4 is 10.5 Å². The molecule has 0 aliphatic carbocycles. The average molecular weight is 279 g/mol. The van der Waals surface area contributed by atoms with Crippen molar-refractivity contribution in [3.8, 4) is 0 Å². The molecule has 0 aromatic carbocycles. The van der Waals surface area contributed by atoms with Gasteiger partial charge in [0.25, 0.3) is 10.2 Å². The van der Waals surface area contributed by atoms with Crippen LogP contribution in [0.5, 0.6) is 0 Å². The van der Waals surface area contributed by atoms with Crippen molar-refractivity contribution in [2.24, 2.45) is 11.7 Å². The van der Waals surface area contributed by atoms with E-state index in [0.717, 1.165) is 30.8 Å². The van der Waals surface area contributed by atoms with E-state index in [2.05, 4.69) is 4.72 Å². The van der Waals surface area contributed by atoms with Gasteiger partial charge in [0, 0.05) is 24.9 Å². The first kappa shape index (κ1) is 13.6. The lowest BCUT2D eigenvalue weighted by atomic mass is 10.0. The summed E-state index contributed by atoms with van der Waals surface area (Å²) in [6.45, 7) is 1.78. The van der Waals surface area contributed by atoms with E-state index < -0.39 is 10.2 Å². The Balaban J connectivity index is 1.94. The summed E-state index contributed by atoms with van der Waals surface area (Å²) in [5.41, 5.74) is 5.63. The van der Waals surface area contributed by atoms with Gasteiger partial charge < -0.3 is 5.73 Å². The summed E-state index contributed by atoms with van der Waals surface area (Å²) < 4.78 is 28.7. The summed E-state index contributed by atoms with van der Waals surface area (Å²) in [5, 5.41) is 0. The molecule has 0 radical (unpaired) electrons. The van der Waals surface area contributed by atoms with Gasteiger partial charge in [-0.25, -0.2) is 0 Å². The quantitative estimate of drug-likeness (QED) is 0.759. The van der Waals surface area contributed by atoms with Crippen molar-refractivity contribution in [1.29, 1.82) is 0 Å². The highest BCUT2D eigenvalue weighted by molar-refractivity contribution is 7.99. The first-order valence-corrected chi connectivity index (χ1v) is 8.76. The predicted molar refractivity (Wildman–Crippen MR) is 71.1 cm³/mol. The molecule has 7 heteroatoms. The van der Waals surface area contributed by atoms with Crippen molar-refractivity contribution in [3.63, 3.8) is 0 Å². The number of thioether (sulfide) groups is 1. The van der Waals surface area contributed by atoms with Crippen molar-refractivity contribution in [2.45, 2.75) is 25.3 Å². The molecule has 2 unspecified atom stereocenters. The second-order valence-corrected chi connectivity index (χ2v) is 7.64. The highest BCUT2D eigenvalue weighted by Gasteiger charge is 2.30. The average Bonchev–Trinajstić information content (AvgIpc) is 2.81. The lowest BCUT2D eigenvalue weighted by Gasteiger charge is -2.32. The fourth-order valence-corrected chi connectivity index (χ4v) is 5.16. The second kappa shape index (κ2) is 5.88. The number of nitrogens with zero attached hydrogens (tertiary/aromatic N) is 1. The minimum Gasteiger partial charge on any atom is -0.330 e. The molecule has 0 amide bonds. The fourth-order valence-electron chi connectivity index (χ4n) is 2.35. The molecule has 0 bridgehead atoms. The molecule has 5 nitrogen and oxygen atoms in total. The van der Waals surface area contributed by atoms with E-state index in [1.54, 1.807) is 4.31 Å². The van der Waals surface area contributed by atoms with Crippen LogP contribution in [-0.2, 0) is 10.2 Å². The highest BCUT2D eigenvalue weighted by atomic mass is 32.2. The van der Waals surface area contributed by atoms with Crippen LogP contribution in [0.2, 0.25) is 0 Å². The summed E-state index contributed by atoms with van der Waals surface area (Å²) in [5.74, 6) is 2.27. The molecule has 2 fully saturated rings. The molecule has 0 saturated carbocycles. The minimum absolute atomic E-state index is 0.114. The summed E-state index contributed by atoms with van der Waals surface area (Å²) in [4.78, 5) is 0. The zero-order valence-corrected chi connectivity index (χ0v) is 11.6. The van der Waals surface area contributed by atoms with E-state index in [9.17, 15) is 8.42 Å². The number of hydrogen-bond donors (Lipinski definition) is 2. The summed E-state index contributed by atoms with van der Waals surface area (Å²) >= 11 is 1.81. The minimum atomic E-state index is -3.30. The second-order valence-electron chi connectivity index (χ2n) is 4.79. The van der Waals surface area contributed by atoms with Crippen LogP contribution in [-0.4, -0.2) is 49.9 Å². The number of nitrogens with two attached hydrogens (primary N) is 1. The summed E-state index contributed by atoms with van der Waals surface area (Å²) in [6, 6.07) is 0.114. The molecule has 17 heavy (non-hydrogen) atoms. The van der Waals surface area contributed by atoms with Gasteiger partial charge in [0.2, 0.25) is 0 Å². The lowest BCUT2D eigenvalue weighted by Crippen LogP contribution is -2.49. The molecule has 2 saturated heterocycles. The van der Waals surface area contributed by atoms with Crippen molar-refractivity contribution >= 4 is 22.0 Å². The Kier molecular flexibility index (Phi) is 4.71. The van der Waals surface area contributed by atoms with Crippen LogP contribution in [0.25, 0.3) is 0 Å². The normalized spacial score (nSPS) is 31.8. The van der Waals surface area contributed by atoms with Crippen molar-refractivity contribution in [3.05, 3.63) is 0 Å². The first-order valence-electron chi connectivity index (χ1n) is 6.17. The maximum atomic E-state index is 12.2. The SMILES string of the molecule is NCC1CCCN(S(=O)(=O)NC2CCSC2)C1. The van der Waals surface area contributed by atoms with Gasteiger partial charge in [-0.3, -0.25) is 0 Å². The molecule has 2 atom stereocenters. The van der Waals surface area contributed by atoms with E-state index in [1.165, 1.54) is 0 Å². The molecule has 2 rings (SSSR count). The maximum Gasteiger partial charge on any atom is 0.279 e. The molecule has 100 valence electrons.